The average molecular weight is 443 g/mol. The van der Waals surface area contributed by atoms with E-state index in [4.69, 9.17) is 14.2 Å². The van der Waals surface area contributed by atoms with Gasteiger partial charge in [-0.3, -0.25) is 4.99 Å². The van der Waals surface area contributed by atoms with Gasteiger partial charge >= 0.3 is 0 Å². The van der Waals surface area contributed by atoms with Crippen LogP contribution >= 0.6 is 0 Å². The first-order chi connectivity index (χ1) is 15.6. The van der Waals surface area contributed by atoms with Crippen LogP contribution in [-0.4, -0.2) is 77.4 Å². The van der Waals surface area contributed by atoms with Crippen molar-refractivity contribution < 1.29 is 14.2 Å². The number of anilines is 1. The second-order valence-corrected chi connectivity index (χ2v) is 7.63. The lowest BCUT2D eigenvalue weighted by Crippen LogP contribution is -2.44. The highest BCUT2D eigenvalue weighted by molar-refractivity contribution is 5.79. The zero-order valence-electron chi connectivity index (χ0n) is 19.6. The Morgan fingerprint density at radius 2 is 1.56 bits per heavy atom. The fourth-order valence-electron chi connectivity index (χ4n) is 3.57. The molecule has 1 aliphatic heterocycles. The number of ether oxygens (including phenoxy) is 3. The van der Waals surface area contributed by atoms with Gasteiger partial charge in [0.2, 0.25) is 5.75 Å². The molecule has 2 N–H and O–H groups in total. The summed E-state index contributed by atoms with van der Waals surface area (Å²) in [6.07, 6.45) is 1.92. The van der Waals surface area contributed by atoms with E-state index in [1.54, 1.807) is 28.4 Å². The first-order valence-electron chi connectivity index (χ1n) is 10.7. The molecule has 2 heterocycles. The largest absolute Gasteiger partial charge is 0.493 e. The molecule has 9 nitrogen and oxygen atoms in total. The highest BCUT2D eigenvalue weighted by Crippen LogP contribution is 2.38. The second kappa shape index (κ2) is 11.4. The first kappa shape index (κ1) is 23.5. The van der Waals surface area contributed by atoms with Gasteiger partial charge in [-0.2, -0.15) is 0 Å². The predicted octanol–water partition coefficient (Wildman–Crippen LogP) is 1.72. The van der Waals surface area contributed by atoms with E-state index in [-0.39, 0.29) is 0 Å². The standard InChI is InChI=1S/C23H34N6O3/c1-24-23(27-16-18-12-19(30-3)22(32-5)20(13-18)31-4)26-15-17-6-7-21(25-14-17)29-10-8-28(2)9-11-29/h6-7,12-14H,8-11,15-16H2,1-5H3,(H2,24,26,27). The fraction of sp³-hybridized carbons (Fsp3) is 0.478. The van der Waals surface area contributed by atoms with E-state index in [2.05, 4.69) is 49.6 Å². The molecule has 174 valence electrons. The van der Waals surface area contributed by atoms with Crippen LogP contribution in [0.25, 0.3) is 0 Å². The van der Waals surface area contributed by atoms with E-state index in [0.29, 0.717) is 36.3 Å². The summed E-state index contributed by atoms with van der Waals surface area (Å²) in [5.41, 5.74) is 2.08. The molecular formula is C23H34N6O3. The van der Waals surface area contributed by atoms with Crippen molar-refractivity contribution in [3.8, 4) is 17.2 Å². The van der Waals surface area contributed by atoms with Gasteiger partial charge in [-0.05, 0) is 36.4 Å². The van der Waals surface area contributed by atoms with Crippen LogP contribution in [0.2, 0.25) is 0 Å². The molecule has 1 aromatic carbocycles. The van der Waals surface area contributed by atoms with Crippen LogP contribution in [0.15, 0.2) is 35.5 Å². The topological polar surface area (TPSA) is 83.5 Å². The Balaban J connectivity index is 1.54. The van der Waals surface area contributed by atoms with Crippen LogP contribution < -0.4 is 29.7 Å². The Morgan fingerprint density at radius 3 is 2.06 bits per heavy atom. The number of guanidine groups is 1. The Labute approximate surface area is 190 Å². The average Bonchev–Trinajstić information content (AvgIpc) is 2.84. The molecule has 0 bridgehead atoms. The van der Waals surface area contributed by atoms with E-state index in [9.17, 15) is 0 Å². The lowest BCUT2D eigenvalue weighted by atomic mass is 10.2. The van der Waals surface area contributed by atoms with Crippen molar-refractivity contribution in [2.75, 3.05) is 66.5 Å². The number of pyridine rings is 1. The van der Waals surface area contributed by atoms with Gasteiger partial charge in [-0.1, -0.05) is 6.07 Å². The number of rotatable bonds is 8. The predicted molar refractivity (Wildman–Crippen MR) is 127 cm³/mol. The second-order valence-electron chi connectivity index (χ2n) is 7.63. The molecule has 0 aliphatic carbocycles. The van der Waals surface area contributed by atoms with Crippen molar-refractivity contribution in [1.82, 2.24) is 20.5 Å². The van der Waals surface area contributed by atoms with Crippen molar-refractivity contribution in [2.24, 2.45) is 4.99 Å². The number of piperazine rings is 1. The SMILES string of the molecule is CN=C(NCc1ccc(N2CCN(C)CC2)nc1)NCc1cc(OC)c(OC)c(OC)c1. The minimum atomic E-state index is 0.553. The third kappa shape index (κ3) is 5.94. The smallest absolute Gasteiger partial charge is 0.203 e. The minimum absolute atomic E-state index is 0.553. The number of hydrogen-bond acceptors (Lipinski definition) is 7. The lowest BCUT2D eigenvalue weighted by molar-refractivity contribution is 0.312. The number of hydrogen-bond donors (Lipinski definition) is 2. The molecule has 0 atom stereocenters. The highest BCUT2D eigenvalue weighted by atomic mass is 16.5. The number of nitrogens with zero attached hydrogens (tertiary/aromatic N) is 4. The van der Waals surface area contributed by atoms with Gasteiger partial charge in [0.1, 0.15) is 5.82 Å². The number of aliphatic imine (C=N–C) groups is 1. The number of nitrogens with one attached hydrogen (secondary N) is 2. The zero-order valence-corrected chi connectivity index (χ0v) is 19.6. The summed E-state index contributed by atoms with van der Waals surface area (Å²) >= 11 is 0. The molecule has 1 aromatic heterocycles. The van der Waals surface area contributed by atoms with Crippen LogP contribution in [0.4, 0.5) is 5.82 Å². The summed E-state index contributed by atoms with van der Waals surface area (Å²) in [5.74, 6) is 3.55. The summed E-state index contributed by atoms with van der Waals surface area (Å²) in [4.78, 5) is 13.6. The third-order valence-corrected chi connectivity index (χ3v) is 5.50. The summed E-state index contributed by atoms with van der Waals surface area (Å²) < 4.78 is 16.2. The summed E-state index contributed by atoms with van der Waals surface area (Å²) in [5, 5.41) is 6.65. The Bertz CT molecular complexity index is 870. The van der Waals surface area contributed by atoms with Gasteiger partial charge in [0.25, 0.3) is 0 Å². The molecule has 32 heavy (non-hydrogen) atoms. The molecule has 0 radical (unpaired) electrons. The van der Waals surface area contributed by atoms with Gasteiger partial charge in [-0.15, -0.1) is 0 Å². The maximum atomic E-state index is 5.43. The van der Waals surface area contributed by atoms with Crippen LogP contribution in [0.5, 0.6) is 17.2 Å². The molecule has 0 spiro atoms. The van der Waals surface area contributed by atoms with E-state index >= 15 is 0 Å². The number of likely N-dealkylation sites (N-methyl/N-ethyl adjacent to an activating group) is 1. The van der Waals surface area contributed by atoms with Crippen LogP contribution in [-0.2, 0) is 13.1 Å². The molecule has 0 saturated carbocycles. The van der Waals surface area contributed by atoms with Gasteiger partial charge < -0.3 is 34.6 Å². The van der Waals surface area contributed by atoms with E-state index < -0.39 is 0 Å². The van der Waals surface area contributed by atoms with E-state index in [0.717, 1.165) is 43.1 Å². The maximum Gasteiger partial charge on any atom is 0.203 e. The van der Waals surface area contributed by atoms with Crippen LogP contribution in [0, 0.1) is 0 Å². The molecule has 3 rings (SSSR count). The summed E-state index contributed by atoms with van der Waals surface area (Å²) in [6.45, 7) is 5.34. The van der Waals surface area contributed by atoms with E-state index in [1.165, 1.54) is 0 Å². The Morgan fingerprint density at radius 1 is 0.938 bits per heavy atom. The first-order valence-corrected chi connectivity index (χ1v) is 10.7. The monoisotopic (exact) mass is 442 g/mol. The van der Waals surface area contributed by atoms with Gasteiger partial charge in [-0.25, -0.2) is 4.98 Å². The molecule has 1 fully saturated rings. The zero-order chi connectivity index (χ0) is 22.9. The van der Waals surface area contributed by atoms with Crippen molar-refractivity contribution in [3.05, 3.63) is 41.6 Å². The molecule has 1 aliphatic rings. The Hall–Kier alpha value is -3.20. The van der Waals surface area contributed by atoms with E-state index in [1.807, 2.05) is 18.3 Å². The van der Waals surface area contributed by atoms with Crippen molar-refractivity contribution in [3.63, 3.8) is 0 Å². The highest BCUT2D eigenvalue weighted by Gasteiger charge is 2.15. The third-order valence-electron chi connectivity index (χ3n) is 5.50. The molecule has 1 saturated heterocycles. The number of aromatic nitrogens is 1. The molecule has 0 amide bonds. The van der Waals surface area contributed by atoms with Crippen LogP contribution in [0.1, 0.15) is 11.1 Å². The van der Waals surface area contributed by atoms with Crippen molar-refractivity contribution in [1.29, 1.82) is 0 Å². The summed E-state index contributed by atoms with van der Waals surface area (Å²) in [6, 6.07) is 8.04. The van der Waals surface area contributed by atoms with Crippen LogP contribution in [0.3, 0.4) is 0 Å². The maximum absolute atomic E-state index is 5.43. The normalized spacial score (nSPS) is 14.8. The molecular weight excluding hydrogens is 408 g/mol. The fourth-order valence-corrected chi connectivity index (χ4v) is 3.57. The Kier molecular flexibility index (Phi) is 8.38. The molecule has 0 unspecified atom stereocenters. The molecule has 2 aromatic rings. The van der Waals surface area contributed by atoms with Gasteiger partial charge in [0.05, 0.1) is 21.3 Å². The number of methoxy groups -OCH3 is 3. The molecule has 9 heteroatoms. The van der Waals surface area contributed by atoms with Crippen molar-refractivity contribution in [2.45, 2.75) is 13.1 Å². The van der Waals surface area contributed by atoms with Crippen molar-refractivity contribution >= 4 is 11.8 Å². The number of benzene rings is 1. The minimum Gasteiger partial charge on any atom is -0.493 e. The van der Waals surface area contributed by atoms with Gasteiger partial charge in [0, 0.05) is 52.5 Å². The summed E-state index contributed by atoms with van der Waals surface area (Å²) in [7, 11) is 8.72. The van der Waals surface area contributed by atoms with Gasteiger partial charge in [0.15, 0.2) is 17.5 Å². The quantitative estimate of drug-likeness (QED) is 0.472. The lowest BCUT2D eigenvalue weighted by Gasteiger charge is -2.33.